The molecule has 3 N–H and O–H groups in total. The summed E-state index contributed by atoms with van der Waals surface area (Å²) in [6, 6.07) is 26.4. The van der Waals surface area contributed by atoms with Crippen molar-refractivity contribution in [1.82, 2.24) is 34.4 Å². The summed E-state index contributed by atoms with van der Waals surface area (Å²) in [5, 5.41) is 12.5. The van der Waals surface area contributed by atoms with Gasteiger partial charge in [-0.1, -0.05) is 26.0 Å². The molecule has 0 unspecified atom stereocenters. The average Bonchev–Trinajstić information content (AvgIpc) is 3.49. The van der Waals surface area contributed by atoms with E-state index >= 15 is 0 Å². The van der Waals surface area contributed by atoms with Crippen LogP contribution < -0.4 is 11.1 Å². The van der Waals surface area contributed by atoms with Crippen molar-refractivity contribution in [3.05, 3.63) is 108 Å². The number of aromatic nitrogens is 6. The van der Waals surface area contributed by atoms with E-state index in [2.05, 4.69) is 49.4 Å². The Morgan fingerprint density at radius 1 is 0.894 bits per heavy atom. The molecule has 10 nitrogen and oxygen atoms in total. The summed E-state index contributed by atoms with van der Waals surface area (Å²) in [7, 11) is 0. The summed E-state index contributed by atoms with van der Waals surface area (Å²) in [6.45, 7) is 6.73. The topological polar surface area (TPSA) is 134 Å². The highest BCUT2D eigenvalue weighted by molar-refractivity contribution is 5.84. The molecular weight excluding hydrogens is 591 g/mol. The van der Waals surface area contributed by atoms with Gasteiger partial charge in [0.1, 0.15) is 29.0 Å². The van der Waals surface area contributed by atoms with E-state index in [4.69, 9.17) is 21.0 Å². The molecule has 2 aromatic carbocycles. The lowest BCUT2D eigenvalue weighted by Gasteiger charge is -2.32. The Morgan fingerprint density at radius 3 is 2.38 bits per heavy atom. The molecule has 0 aliphatic carbocycles. The summed E-state index contributed by atoms with van der Waals surface area (Å²) < 4.78 is 15.6. The number of benzene rings is 2. The minimum atomic E-state index is -0.294. The number of nitrogens with zero attached hydrogens (tertiary/aromatic N) is 8. The highest BCUT2D eigenvalue weighted by Gasteiger charge is 2.21. The number of nitrogen functional groups attached to an aromatic ring is 1. The number of fused-ring (bicyclic) bond motifs is 1. The van der Waals surface area contributed by atoms with Crippen LogP contribution in [-0.2, 0) is 6.54 Å². The Hall–Kier alpha value is -5.73. The third kappa shape index (κ3) is 6.93. The zero-order valence-electron chi connectivity index (χ0n) is 26.3. The fraction of sp³-hybridized carbons (Fsp3) is 0.222. The normalized spacial score (nSPS) is 13.5. The summed E-state index contributed by atoms with van der Waals surface area (Å²) in [4.78, 5) is 24.8. The number of hydrogen-bond acceptors (Lipinski definition) is 9. The number of nitrogens with one attached hydrogen (secondary N) is 1. The van der Waals surface area contributed by atoms with Crippen LogP contribution >= 0.6 is 0 Å². The lowest BCUT2D eigenvalue weighted by molar-refractivity contribution is 0.211. The van der Waals surface area contributed by atoms with Crippen LogP contribution in [0.15, 0.2) is 91.3 Å². The molecule has 0 bridgehead atoms. The number of pyridine rings is 2. The van der Waals surface area contributed by atoms with Crippen LogP contribution in [0.3, 0.4) is 0 Å². The lowest BCUT2D eigenvalue weighted by atomic mass is 10.0. The smallest absolute Gasteiger partial charge is 0.234 e. The van der Waals surface area contributed by atoms with Crippen molar-refractivity contribution in [3.63, 3.8) is 0 Å². The predicted octanol–water partition coefficient (Wildman–Crippen LogP) is 6.64. The highest BCUT2D eigenvalue weighted by Crippen LogP contribution is 2.32. The van der Waals surface area contributed by atoms with Crippen LogP contribution in [0.2, 0.25) is 0 Å². The maximum Gasteiger partial charge on any atom is 0.234 e. The van der Waals surface area contributed by atoms with Gasteiger partial charge in [0.15, 0.2) is 11.5 Å². The molecule has 47 heavy (non-hydrogen) atoms. The number of imidazole rings is 1. The minimum Gasteiger partial charge on any atom is -0.383 e. The van der Waals surface area contributed by atoms with Gasteiger partial charge in [0.25, 0.3) is 0 Å². The van der Waals surface area contributed by atoms with E-state index in [-0.39, 0.29) is 11.6 Å². The van der Waals surface area contributed by atoms with E-state index in [1.165, 1.54) is 17.7 Å². The monoisotopic (exact) mass is 626 g/mol. The molecule has 5 heterocycles. The van der Waals surface area contributed by atoms with E-state index in [0.717, 1.165) is 43.7 Å². The van der Waals surface area contributed by atoms with Crippen LogP contribution in [0.1, 0.15) is 38.1 Å². The Bertz CT molecular complexity index is 2010. The van der Waals surface area contributed by atoms with E-state index in [1.54, 1.807) is 30.6 Å². The van der Waals surface area contributed by atoms with Crippen molar-refractivity contribution in [2.45, 2.75) is 39.3 Å². The van der Waals surface area contributed by atoms with E-state index in [9.17, 15) is 4.39 Å². The van der Waals surface area contributed by atoms with Crippen molar-refractivity contribution >= 4 is 22.8 Å². The standard InChI is InChI=1S/C34H29FN10.C2H6/c35-24-7-5-23(6-8-24)28-11-12-29-34(41-28)45(33(42-29)27-2-1-16-39-32(27)37)26-9-3-22(4-10-26)21-44-18-14-25(15-19-44)40-30-13-17-38-31(20-36)43-30;1-2/h1-13,16-17,25H,14-15,18-19,21H2,(H2,37,39)(H,38,40,43);1-2H3. The van der Waals surface area contributed by atoms with Crippen molar-refractivity contribution in [1.29, 1.82) is 5.26 Å². The van der Waals surface area contributed by atoms with Crippen LogP contribution in [0.5, 0.6) is 0 Å². The van der Waals surface area contributed by atoms with Gasteiger partial charge in [-0.15, -0.1) is 0 Å². The SMILES string of the molecule is CC.N#Cc1nccc(NC2CCN(Cc3ccc(-n4c(-c5cccnc5N)nc5ccc(-c6ccc(F)cc6)nc54)cc3)CC2)n1. The second-order valence-electron chi connectivity index (χ2n) is 11.0. The van der Waals surface area contributed by atoms with E-state index in [0.29, 0.717) is 45.9 Å². The molecule has 1 aliphatic heterocycles. The lowest BCUT2D eigenvalue weighted by Crippen LogP contribution is -2.38. The number of nitriles is 1. The molecule has 0 spiro atoms. The fourth-order valence-corrected chi connectivity index (χ4v) is 5.72. The first-order valence-electron chi connectivity index (χ1n) is 15.7. The average molecular weight is 627 g/mol. The summed E-state index contributed by atoms with van der Waals surface area (Å²) >= 11 is 0. The molecule has 0 saturated carbocycles. The number of halogens is 1. The van der Waals surface area contributed by atoms with Crippen LogP contribution in [0.4, 0.5) is 16.0 Å². The van der Waals surface area contributed by atoms with Crippen LogP contribution in [0.25, 0.3) is 39.5 Å². The van der Waals surface area contributed by atoms with Crippen molar-refractivity contribution < 1.29 is 4.39 Å². The van der Waals surface area contributed by atoms with Gasteiger partial charge in [0.05, 0.1) is 11.3 Å². The molecule has 0 amide bonds. The first-order chi connectivity index (χ1) is 23.0. The van der Waals surface area contributed by atoms with Crippen molar-refractivity contribution in [2.75, 3.05) is 24.1 Å². The maximum absolute atomic E-state index is 13.6. The summed E-state index contributed by atoms with van der Waals surface area (Å²) in [5.41, 5.74) is 12.0. The second kappa shape index (κ2) is 14.1. The summed E-state index contributed by atoms with van der Waals surface area (Å²) in [5.74, 6) is 1.59. The molecule has 7 rings (SSSR count). The molecule has 1 aliphatic rings. The van der Waals surface area contributed by atoms with Crippen LogP contribution in [-0.4, -0.2) is 53.5 Å². The molecule has 4 aromatic heterocycles. The van der Waals surface area contributed by atoms with Gasteiger partial charge < -0.3 is 11.1 Å². The van der Waals surface area contributed by atoms with Crippen LogP contribution in [0, 0.1) is 17.1 Å². The molecule has 1 fully saturated rings. The fourth-order valence-electron chi connectivity index (χ4n) is 5.72. The zero-order chi connectivity index (χ0) is 32.8. The minimum absolute atomic E-state index is 0.171. The Balaban J connectivity index is 0.00000190. The second-order valence-corrected chi connectivity index (χ2v) is 11.0. The number of likely N-dealkylation sites (tertiary alicyclic amines) is 1. The third-order valence-electron chi connectivity index (χ3n) is 8.02. The van der Waals surface area contributed by atoms with Crippen molar-refractivity contribution in [2.24, 2.45) is 0 Å². The van der Waals surface area contributed by atoms with E-state index < -0.39 is 0 Å². The van der Waals surface area contributed by atoms with Gasteiger partial charge in [-0.25, -0.2) is 29.3 Å². The number of hydrogen-bond donors (Lipinski definition) is 2. The highest BCUT2D eigenvalue weighted by atomic mass is 19.1. The molecule has 6 aromatic rings. The van der Waals surface area contributed by atoms with Gasteiger partial charge in [-0.2, -0.15) is 5.26 Å². The molecule has 236 valence electrons. The molecule has 11 heteroatoms. The number of rotatable bonds is 7. The van der Waals surface area contributed by atoms with Gasteiger partial charge in [0, 0.05) is 49.3 Å². The first kappa shape index (κ1) is 31.3. The largest absolute Gasteiger partial charge is 0.383 e. The molecular formula is C36H35FN10. The molecule has 0 atom stereocenters. The Morgan fingerprint density at radius 2 is 1.66 bits per heavy atom. The van der Waals surface area contributed by atoms with Crippen molar-refractivity contribution in [3.8, 4) is 34.4 Å². The van der Waals surface area contributed by atoms with Gasteiger partial charge in [0.2, 0.25) is 5.82 Å². The Labute approximate surface area is 272 Å². The molecule has 1 saturated heterocycles. The number of piperidine rings is 1. The van der Waals surface area contributed by atoms with Gasteiger partial charge in [-0.05, 0) is 85.1 Å². The zero-order valence-corrected chi connectivity index (χ0v) is 26.3. The number of anilines is 2. The third-order valence-corrected chi connectivity index (χ3v) is 8.02. The van der Waals surface area contributed by atoms with Gasteiger partial charge in [-0.3, -0.25) is 9.47 Å². The summed E-state index contributed by atoms with van der Waals surface area (Å²) in [6.07, 6.45) is 5.21. The molecule has 0 radical (unpaired) electrons. The Kier molecular flexibility index (Phi) is 9.41. The predicted molar refractivity (Wildman–Crippen MR) is 182 cm³/mol. The number of nitrogens with two attached hydrogens (primary N) is 1. The maximum atomic E-state index is 13.6. The van der Waals surface area contributed by atoms with Gasteiger partial charge >= 0.3 is 0 Å². The first-order valence-corrected chi connectivity index (χ1v) is 15.7. The quantitative estimate of drug-likeness (QED) is 0.200. The van der Waals surface area contributed by atoms with E-state index in [1.807, 2.05) is 48.7 Å².